The van der Waals surface area contributed by atoms with E-state index in [9.17, 15) is 24.3 Å². The van der Waals surface area contributed by atoms with Gasteiger partial charge in [-0.15, -0.1) is 0 Å². The van der Waals surface area contributed by atoms with Crippen molar-refractivity contribution in [3.8, 4) is 0 Å². The van der Waals surface area contributed by atoms with Crippen molar-refractivity contribution < 1.29 is 88.0 Å². The molecule has 3 heterocycles. The van der Waals surface area contributed by atoms with E-state index in [4.69, 9.17) is 15.2 Å². The third-order valence-corrected chi connectivity index (χ3v) is 3.71. The number of nitrogens with two attached hydrogens (primary N) is 1. The molecule has 15 heteroatoms. The number of nitrogen functional groups attached to an aromatic ring is 1. The van der Waals surface area contributed by atoms with Crippen LogP contribution in [-0.2, 0) is 19.9 Å². The van der Waals surface area contributed by atoms with Crippen molar-refractivity contribution in [2.45, 2.75) is 18.4 Å². The van der Waals surface area contributed by atoms with Crippen molar-refractivity contribution in [2.24, 2.45) is 0 Å². The van der Waals surface area contributed by atoms with Crippen molar-refractivity contribution in [3.05, 3.63) is 16.7 Å². The van der Waals surface area contributed by atoms with Gasteiger partial charge in [-0.2, -0.15) is 4.98 Å². The molecule has 0 aromatic carbocycles. The Morgan fingerprint density at radius 2 is 2.24 bits per heavy atom. The number of H-pyrrole nitrogens is 1. The summed E-state index contributed by atoms with van der Waals surface area (Å²) < 4.78 is 21.9. The van der Waals surface area contributed by atoms with Crippen LogP contribution in [-0.4, -0.2) is 43.7 Å². The zero-order chi connectivity index (χ0) is 16.8. The standard InChI is InChI=1S/C10H14N5O7P.2Na/c11-9-14-7-6(12-3-13-7)8(17)15(9)10(1-5(16)2-21-10)22-4-23(18,19)20;;/h3,5,16H,1-2,4H2,(H2,11,14)(H,12,13)(H2,18,19,20);;/q;2*+1/p-2/t5-,10-;;/m0../s1. The molecule has 2 aromatic heterocycles. The van der Waals surface area contributed by atoms with E-state index in [0.29, 0.717) is 0 Å². The number of aliphatic hydroxyl groups is 1. The number of rotatable bonds is 4. The minimum atomic E-state index is -5.05. The molecule has 0 amide bonds. The Labute approximate surface area is 184 Å². The van der Waals surface area contributed by atoms with Gasteiger partial charge in [0.2, 0.25) is 5.95 Å². The molecule has 0 bridgehead atoms. The zero-order valence-corrected chi connectivity index (χ0v) is 18.4. The number of aromatic nitrogens is 4. The Bertz CT molecular complexity index is 854. The molecule has 0 aliphatic carbocycles. The Hall–Kier alpha value is 0.180. The molecule has 2 atom stereocenters. The van der Waals surface area contributed by atoms with Gasteiger partial charge >= 0.3 is 59.1 Å². The second-order valence-electron chi connectivity index (χ2n) is 4.98. The van der Waals surface area contributed by atoms with Crippen molar-refractivity contribution >= 4 is 24.7 Å². The van der Waals surface area contributed by atoms with Crippen molar-refractivity contribution in [1.29, 1.82) is 0 Å². The summed E-state index contributed by atoms with van der Waals surface area (Å²) in [5, 5.41) is 9.68. The molecule has 1 saturated heterocycles. The molecule has 1 aliphatic heterocycles. The summed E-state index contributed by atoms with van der Waals surface area (Å²) in [4.78, 5) is 44.5. The molecule has 0 spiro atoms. The molecule has 1 fully saturated rings. The van der Waals surface area contributed by atoms with Crippen LogP contribution in [0.1, 0.15) is 6.42 Å². The summed E-state index contributed by atoms with van der Waals surface area (Å²) in [5.74, 6) is -2.41. The first-order chi connectivity index (χ1) is 10.7. The number of hydrogen-bond acceptors (Lipinski definition) is 10. The topological polar surface area (TPSA) is 191 Å². The molecule has 3 rings (SSSR count). The van der Waals surface area contributed by atoms with Gasteiger partial charge < -0.3 is 39.6 Å². The predicted molar refractivity (Wildman–Crippen MR) is 70.7 cm³/mol. The van der Waals surface area contributed by atoms with Gasteiger partial charge in [0.15, 0.2) is 11.2 Å². The summed E-state index contributed by atoms with van der Waals surface area (Å²) in [5.41, 5.74) is 5.02. The Balaban J connectivity index is 0.00000156. The number of imidazole rings is 1. The first-order valence-electron chi connectivity index (χ1n) is 6.41. The van der Waals surface area contributed by atoms with Gasteiger partial charge in [-0.25, -0.2) is 9.55 Å². The van der Waals surface area contributed by atoms with Gasteiger partial charge in [-0.05, 0) is 7.60 Å². The molecule has 12 nitrogen and oxygen atoms in total. The number of hydrogen-bond donors (Lipinski definition) is 3. The largest absolute Gasteiger partial charge is 1.00 e. The number of aliphatic hydroxyl groups excluding tert-OH is 1. The van der Waals surface area contributed by atoms with Crippen LogP contribution in [0.25, 0.3) is 11.2 Å². The number of nitrogens with one attached hydrogen (secondary N) is 1. The molecule has 4 N–H and O–H groups in total. The van der Waals surface area contributed by atoms with Gasteiger partial charge in [0, 0.05) is 0 Å². The molecule has 0 saturated carbocycles. The van der Waals surface area contributed by atoms with Gasteiger partial charge in [0.1, 0.15) is 0 Å². The first kappa shape index (κ1) is 23.2. The van der Waals surface area contributed by atoms with Gasteiger partial charge in [-0.1, -0.05) is 0 Å². The average molecular weight is 391 g/mol. The zero-order valence-electron chi connectivity index (χ0n) is 13.5. The molecular weight excluding hydrogens is 379 g/mol. The van der Waals surface area contributed by atoms with Crippen LogP contribution in [0.5, 0.6) is 0 Å². The van der Waals surface area contributed by atoms with Gasteiger partial charge in [-0.3, -0.25) is 4.79 Å². The average Bonchev–Trinajstić information content (AvgIpc) is 3.03. The molecule has 2 aromatic rings. The minimum absolute atomic E-state index is 0. The molecule has 126 valence electrons. The molecule has 25 heavy (non-hydrogen) atoms. The fraction of sp³-hybridized carbons (Fsp3) is 0.500. The van der Waals surface area contributed by atoms with Gasteiger partial charge in [0.25, 0.3) is 11.5 Å². The fourth-order valence-electron chi connectivity index (χ4n) is 2.38. The molecule has 0 radical (unpaired) electrons. The van der Waals surface area contributed by atoms with Crippen LogP contribution in [0, 0.1) is 0 Å². The molecular formula is C10H12N5Na2O7P. The summed E-state index contributed by atoms with van der Waals surface area (Å²) in [6, 6.07) is 0. The first-order valence-corrected chi connectivity index (χ1v) is 8.14. The maximum absolute atomic E-state index is 12.5. The number of nitrogens with zero attached hydrogens (tertiary/aromatic N) is 3. The van der Waals surface area contributed by atoms with E-state index < -0.39 is 31.5 Å². The van der Waals surface area contributed by atoms with E-state index in [1.807, 2.05) is 0 Å². The summed E-state index contributed by atoms with van der Waals surface area (Å²) in [6.07, 6.45) is -1.37. The van der Waals surface area contributed by atoms with Crippen molar-refractivity contribution in [2.75, 3.05) is 18.7 Å². The number of aromatic amines is 1. The van der Waals surface area contributed by atoms with E-state index in [1.54, 1.807) is 0 Å². The van der Waals surface area contributed by atoms with Crippen LogP contribution < -0.4 is 80.2 Å². The van der Waals surface area contributed by atoms with Crippen LogP contribution in [0.15, 0.2) is 11.1 Å². The predicted octanol–water partition coefficient (Wildman–Crippen LogP) is -9.01. The Morgan fingerprint density at radius 3 is 2.80 bits per heavy atom. The molecule has 1 aliphatic rings. The number of ether oxygens (including phenoxy) is 2. The second kappa shape index (κ2) is 8.46. The van der Waals surface area contributed by atoms with Crippen LogP contribution in [0.3, 0.4) is 0 Å². The van der Waals surface area contributed by atoms with E-state index in [-0.39, 0.29) is 89.3 Å². The van der Waals surface area contributed by atoms with E-state index in [2.05, 4.69) is 15.0 Å². The van der Waals surface area contributed by atoms with Crippen LogP contribution >= 0.6 is 7.60 Å². The van der Waals surface area contributed by atoms with Crippen molar-refractivity contribution in [1.82, 2.24) is 19.5 Å². The maximum Gasteiger partial charge on any atom is 1.00 e. The SMILES string of the molecule is Nc1nc2nc[nH]c2c(=O)n1[C@@]1(OCP(=O)([O-])[O-])C[C@H](O)CO1.[Na+].[Na+]. The quantitative estimate of drug-likeness (QED) is 0.333. The van der Waals surface area contributed by atoms with Crippen LogP contribution in [0.4, 0.5) is 5.95 Å². The normalized spacial score (nSPS) is 23.2. The smallest absolute Gasteiger partial charge is 0.809 e. The maximum atomic E-state index is 12.5. The van der Waals surface area contributed by atoms with Gasteiger partial charge in [0.05, 0.1) is 31.8 Å². The number of fused-ring (bicyclic) bond motifs is 1. The van der Waals surface area contributed by atoms with E-state index >= 15 is 0 Å². The van der Waals surface area contributed by atoms with E-state index in [0.717, 1.165) is 4.57 Å². The molecule has 0 unspecified atom stereocenters. The number of anilines is 1. The Morgan fingerprint density at radius 1 is 1.56 bits per heavy atom. The Kier molecular flexibility index (Phi) is 7.86. The summed E-state index contributed by atoms with van der Waals surface area (Å²) in [7, 11) is -5.05. The third kappa shape index (κ3) is 4.72. The van der Waals surface area contributed by atoms with E-state index in [1.165, 1.54) is 6.33 Å². The van der Waals surface area contributed by atoms with Crippen LogP contribution in [0.2, 0.25) is 0 Å². The summed E-state index contributed by atoms with van der Waals surface area (Å²) in [6.45, 7) is -0.241. The summed E-state index contributed by atoms with van der Waals surface area (Å²) >= 11 is 0. The minimum Gasteiger partial charge on any atom is -0.809 e. The fourth-order valence-corrected chi connectivity index (χ4v) is 2.74. The third-order valence-electron chi connectivity index (χ3n) is 3.27. The van der Waals surface area contributed by atoms with Crippen molar-refractivity contribution in [3.63, 3.8) is 0 Å². The monoisotopic (exact) mass is 391 g/mol. The second-order valence-corrected chi connectivity index (χ2v) is 6.46.